The molecule has 8 heteroatoms. The largest absolute Gasteiger partial charge is 0.324 e. The standard InChI is InChI=1S/C26H29ClN6O/c1-3-17(2)20-12-23-24(13-21(20)27)31-26(34)14-22(30-23)18-7-6-8-19(11-18)33-25(28-16-29-33)15-32-9-4-5-10-32/h6-8,11-13,16-17H,3-5,9-10,14-15H2,1-2H3,(H,31,34). The van der Waals surface area contributed by atoms with Crippen LogP contribution in [-0.2, 0) is 11.3 Å². The Morgan fingerprint density at radius 2 is 2.00 bits per heavy atom. The molecule has 0 radical (unpaired) electrons. The monoisotopic (exact) mass is 476 g/mol. The Hall–Kier alpha value is -3.03. The Balaban J connectivity index is 1.51. The summed E-state index contributed by atoms with van der Waals surface area (Å²) in [4.78, 5) is 24.5. The molecule has 3 aromatic rings. The van der Waals surface area contributed by atoms with Gasteiger partial charge in [-0.2, -0.15) is 5.10 Å². The van der Waals surface area contributed by atoms with Gasteiger partial charge in [-0.15, -0.1) is 0 Å². The van der Waals surface area contributed by atoms with Gasteiger partial charge in [-0.05, 0) is 73.7 Å². The molecule has 1 atom stereocenters. The van der Waals surface area contributed by atoms with E-state index in [1.807, 2.05) is 41.1 Å². The highest BCUT2D eigenvalue weighted by Gasteiger charge is 2.21. The van der Waals surface area contributed by atoms with Crippen LogP contribution in [0, 0.1) is 0 Å². The van der Waals surface area contributed by atoms with Crippen LogP contribution in [-0.4, -0.2) is 44.4 Å². The first-order chi connectivity index (χ1) is 16.5. The van der Waals surface area contributed by atoms with Crippen LogP contribution >= 0.6 is 11.6 Å². The minimum Gasteiger partial charge on any atom is -0.324 e. The summed E-state index contributed by atoms with van der Waals surface area (Å²) < 4.78 is 1.88. The number of carbonyl (C=O) groups is 1. The molecule has 1 N–H and O–H groups in total. The molecule has 1 amide bonds. The summed E-state index contributed by atoms with van der Waals surface area (Å²) in [5.74, 6) is 1.11. The lowest BCUT2D eigenvalue weighted by Gasteiger charge is -2.15. The van der Waals surface area contributed by atoms with Crippen molar-refractivity contribution in [3.8, 4) is 5.69 Å². The number of halogens is 1. The Labute approximate surface area is 204 Å². The average Bonchev–Trinajstić information content (AvgIpc) is 3.49. The van der Waals surface area contributed by atoms with Crippen molar-refractivity contribution in [3.63, 3.8) is 0 Å². The predicted octanol–water partition coefficient (Wildman–Crippen LogP) is 5.49. The van der Waals surface area contributed by atoms with Gasteiger partial charge in [0.1, 0.15) is 12.2 Å². The van der Waals surface area contributed by atoms with E-state index in [9.17, 15) is 4.79 Å². The summed E-state index contributed by atoms with van der Waals surface area (Å²) in [6.45, 7) is 7.26. The third kappa shape index (κ3) is 4.63. The highest BCUT2D eigenvalue weighted by molar-refractivity contribution is 6.32. The fourth-order valence-corrected chi connectivity index (χ4v) is 4.96. The molecule has 2 aliphatic rings. The number of amides is 1. The number of carbonyl (C=O) groups excluding carboxylic acids is 1. The zero-order valence-electron chi connectivity index (χ0n) is 19.6. The number of rotatable bonds is 6. The summed E-state index contributed by atoms with van der Waals surface area (Å²) in [5.41, 5.74) is 4.96. The lowest BCUT2D eigenvalue weighted by molar-refractivity contribution is -0.115. The molecule has 1 aromatic heterocycles. The topological polar surface area (TPSA) is 75.4 Å². The Morgan fingerprint density at radius 1 is 1.18 bits per heavy atom. The van der Waals surface area contributed by atoms with Crippen molar-refractivity contribution in [3.05, 3.63) is 64.7 Å². The summed E-state index contributed by atoms with van der Waals surface area (Å²) in [5, 5.41) is 8.11. The summed E-state index contributed by atoms with van der Waals surface area (Å²) in [6, 6.07) is 11.8. The molecule has 3 heterocycles. The minimum atomic E-state index is -0.106. The van der Waals surface area contributed by atoms with Gasteiger partial charge in [-0.25, -0.2) is 9.67 Å². The molecule has 2 aromatic carbocycles. The smallest absolute Gasteiger partial charge is 0.230 e. The first-order valence-corrected chi connectivity index (χ1v) is 12.3. The zero-order chi connectivity index (χ0) is 23.7. The molecule has 1 unspecified atom stereocenters. The maximum absolute atomic E-state index is 12.7. The van der Waals surface area contributed by atoms with Crippen molar-refractivity contribution in [2.45, 2.75) is 52.0 Å². The second-order valence-corrected chi connectivity index (χ2v) is 9.51. The summed E-state index contributed by atoms with van der Waals surface area (Å²) in [6.07, 6.45) is 5.23. The number of benzene rings is 2. The van der Waals surface area contributed by atoms with Gasteiger partial charge in [0, 0.05) is 5.02 Å². The lowest BCUT2D eigenvalue weighted by atomic mass is 9.97. The maximum Gasteiger partial charge on any atom is 0.230 e. The number of aromatic nitrogens is 3. The van der Waals surface area contributed by atoms with E-state index in [1.165, 1.54) is 12.8 Å². The molecular formula is C26H29ClN6O. The van der Waals surface area contributed by atoms with Crippen molar-refractivity contribution in [2.24, 2.45) is 4.99 Å². The van der Waals surface area contributed by atoms with E-state index >= 15 is 0 Å². The van der Waals surface area contributed by atoms with Crippen molar-refractivity contribution < 1.29 is 4.79 Å². The number of fused-ring (bicyclic) bond motifs is 1. The van der Waals surface area contributed by atoms with Gasteiger partial charge in [0.25, 0.3) is 0 Å². The average molecular weight is 477 g/mol. The number of hydrogen-bond donors (Lipinski definition) is 1. The van der Waals surface area contributed by atoms with Crippen molar-refractivity contribution in [2.75, 3.05) is 18.4 Å². The number of hydrogen-bond acceptors (Lipinski definition) is 5. The van der Waals surface area contributed by atoms with Crippen LogP contribution in [0.2, 0.25) is 5.02 Å². The van der Waals surface area contributed by atoms with E-state index in [-0.39, 0.29) is 12.3 Å². The molecule has 5 rings (SSSR count). The third-order valence-electron chi connectivity index (χ3n) is 6.72. The van der Waals surface area contributed by atoms with Crippen LogP contribution in [0.25, 0.3) is 5.69 Å². The van der Waals surface area contributed by atoms with Crippen LogP contribution in [0.3, 0.4) is 0 Å². The lowest BCUT2D eigenvalue weighted by Crippen LogP contribution is -2.21. The quantitative estimate of drug-likeness (QED) is 0.510. The molecule has 0 bridgehead atoms. The normalized spacial score (nSPS) is 17.1. The van der Waals surface area contributed by atoms with Gasteiger partial charge in [0.2, 0.25) is 5.91 Å². The fraction of sp³-hybridized carbons (Fsp3) is 0.385. The van der Waals surface area contributed by atoms with Crippen LogP contribution in [0.4, 0.5) is 11.4 Å². The molecule has 0 spiro atoms. The van der Waals surface area contributed by atoms with Crippen LogP contribution in [0.15, 0.2) is 47.7 Å². The van der Waals surface area contributed by atoms with Crippen molar-refractivity contribution in [1.82, 2.24) is 19.7 Å². The highest BCUT2D eigenvalue weighted by Crippen LogP contribution is 2.38. The first-order valence-electron chi connectivity index (χ1n) is 11.9. The summed E-state index contributed by atoms with van der Waals surface area (Å²) in [7, 11) is 0. The van der Waals surface area contributed by atoms with Crippen LogP contribution in [0.1, 0.15) is 62.4 Å². The van der Waals surface area contributed by atoms with E-state index in [0.29, 0.717) is 16.6 Å². The van der Waals surface area contributed by atoms with Gasteiger partial charge in [0.05, 0.1) is 35.7 Å². The van der Waals surface area contributed by atoms with Gasteiger partial charge < -0.3 is 5.32 Å². The zero-order valence-corrected chi connectivity index (χ0v) is 20.3. The first kappa shape index (κ1) is 22.7. The van der Waals surface area contributed by atoms with Gasteiger partial charge in [0.15, 0.2) is 0 Å². The second-order valence-electron chi connectivity index (χ2n) is 9.11. The van der Waals surface area contributed by atoms with E-state index in [4.69, 9.17) is 16.6 Å². The Morgan fingerprint density at radius 3 is 2.79 bits per heavy atom. The molecule has 1 fully saturated rings. The number of anilines is 1. The van der Waals surface area contributed by atoms with E-state index in [2.05, 4.69) is 34.1 Å². The van der Waals surface area contributed by atoms with Crippen LogP contribution < -0.4 is 5.32 Å². The van der Waals surface area contributed by atoms with Crippen LogP contribution in [0.5, 0.6) is 0 Å². The Kier molecular flexibility index (Phi) is 6.48. The summed E-state index contributed by atoms with van der Waals surface area (Å²) >= 11 is 6.52. The SMILES string of the molecule is CCC(C)c1cc2c(cc1Cl)NC(=O)CC(c1cccc(-n3ncnc3CN3CCCC3)c1)=N2. The minimum absolute atomic E-state index is 0.106. The fourth-order valence-electron chi connectivity index (χ4n) is 4.61. The molecular weight excluding hydrogens is 448 g/mol. The molecule has 34 heavy (non-hydrogen) atoms. The van der Waals surface area contributed by atoms with E-state index < -0.39 is 0 Å². The van der Waals surface area contributed by atoms with E-state index in [1.54, 1.807) is 6.33 Å². The number of nitrogens with one attached hydrogen (secondary N) is 1. The number of likely N-dealkylation sites (tertiary alicyclic amines) is 1. The molecule has 1 saturated heterocycles. The van der Waals surface area contributed by atoms with E-state index in [0.717, 1.165) is 60.1 Å². The molecule has 0 saturated carbocycles. The van der Waals surface area contributed by atoms with Crippen molar-refractivity contribution >= 4 is 34.6 Å². The molecule has 7 nitrogen and oxygen atoms in total. The highest BCUT2D eigenvalue weighted by atomic mass is 35.5. The molecule has 2 aliphatic heterocycles. The third-order valence-corrected chi connectivity index (χ3v) is 7.05. The van der Waals surface area contributed by atoms with Gasteiger partial charge >= 0.3 is 0 Å². The van der Waals surface area contributed by atoms with Gasteiger partial charge in [-0.1, -0.05) is 37.6 Å². The predicted molar refractivity (Wildman–Crippen MR) is 135 cm³/mol. The maximum atomic E-state index is 12.7. The van der Waals surface area contributed by atoms with Crippen molar-refractivity contribution in [1.29, 1.82) is 0 Å². The van der Waals surface area contributed by atoms with Gasteiger partial charge in [-0.3, -0.25) is 14.7 Å². The second kappa shape index (κ2) is 9.68. The molecule has 0 aliphatic carbocycles. The molecule has 176 valence electrons. The Bertz CT molecular complexity index is 1240. The number of aliphatic imine (C=N–C) groups is 1. The number of nitrogens with zero attached hydrogens (tertiary/aromatic N) is 5.